The van der Waals surface area contributed by atoms with Crippen LogP contribution in [-0.4, -0.2) is 0 Å². The van der Waals surface area contributed by atoms with E-state index in [1.807, 2.05) is 0 Å². The van der Waals surface area contributed by atoms with Crippen molar-refractivity contribution in [1.29, 1.82) is 0 Å². The van der Waals surface area contributed by atoms with Gasteiger partial charge in [0, 0.05) is 0 Å². The molecule has 0 unspecified atom stereocenters. The molecule has 0 heteroatoms. The molecule has 15 rings (SSSR count). The highest BCUT2D eigenvalue weighted by atomic mass is 14.1. The van der Waals surface area contributed by atoms with Crippen LogP contribution in [-0.2, 0) is 0 Å². The van der Waals surface area contributed by atoms with E-state index in [0.29, 0.717) is 0 Å². The summed E-state index contributed by atoms with van der Waals surface area (Å²) in [4.78, 5) is 0. The molecule has 0 aliphatic rings. The van der Waals surface area contributed by atoms with Gasteiger partial charge in [0.15, 0.2) is 0 Å². The Kier molecular flexibility index (Phi) is 6.25. The van der Waals surface area contributed by atoms with Crippen LogP contribution in [0.25, 0.3) is 86.2 Å². The zero-order chi connectivity index (χ0) is 30.5. The molecule has 0 nitrogen and oxygen atoms in total. The van der Waals surface area contributed by atoms with Crippen molar-refractivity contribution in [3.05, 3.63) is 182 Å². The Morgan fingerprint density at radius 2 is 0.370 bits per heavy atom. The molecule has 0 atom stereocenters. The number of benzene rings is 7. The lowest BCUT2D eigenvalue weighted by Crippen LogP contribution is -1.80. The van der Waals surface area contributed by atoms with Crippen molar-refractivity contribution < 1.29 is 0 Å². The zero-order valence-electron chi connectivity index (χ0n) is 25.3. The third kappa shape index (κ3) is 4.64. The number of hydrogen-bond donors (Lipinski definition) is 0. The molecule has 0 saturated carbocycles. The second-order valence-corrected chi connectivity index (χ2v) is 12.2. The van der Waals surface area contributed by atoms with Crippen LogP contribution in [0.5, 0.6) is 0 Å². The van der Waals surface area contributed by atoms with Crippen molar-refractivity contribution in [3.8, 4) is 0 Å². The minimum Gasteiger partial charge on any atom is -0.0610 e. The van der Waals surface area contributed by atoms with Gasteiger partial charge in [0.25, 0.3) is 0 Å². The Balaban J connectivity index is 1.58. The summed E-state index contributed by atoms with van der Waals surface area (Å²) in [7, 11) is 0. The lowest BCUT2D eigenvalue weighted by Gasteiger charge is -2.07. The molecule has 0 aromatic heterocycles. The van der Waals surface area contributed by atoms with Crippen LogP contribution in [0, 0.1) is 0 Å². The number of fused-ring (bicyclic) bond motifs is 4. The van der Waals surface area contributed by atoms with E-state index in [4.69, 9.17) is 0 Å². The van der Waals surface area contributed by atoms with Gasteiger partial charge in [-0.15, -0.1) is 0 Å². The molecule has 0 spiro atoms. The van der Waals surface area contributed by atoms with Gasteiger partial charge in [0.2, 0.25) is 0 Å². The molecular formula is C46H30. The van der Waals surface area contributed by atoms with Gasteiger partial charge in [0.05, 0.1) is 0 Å². The van der Waals surface area contributed by atoms with E-state index in [1.165, 1.54) is 86.2 Å². The summed E-state index contributed by atoms with van der Waals surface area (Å²) < 4.78 is 0. The topological polar surface area (TPSA) is 0 Å². The summed E-state index contributed by atoms with van der Waals surface area (Å²) in [6.07, 6.45) is 0. The standard InChI is InChI=1S/C46H30/c1-3-41-35-19-11-31(12-20-35)7-9-33-15-23-37(24-16-33)43-5-2-6-44-38-25-17-34(18-26-38)10-8-32-13-21-36(22-14-32)42(4-1)45(41)39-27-29-40(30-28-39)46(43)44/h1-30H. The second-order valence-electron chi connectivity index (χ2n) is 12.2. The van der Waals surface area contributed by atoms with Gasteiger partial charge >= 0.3 is 0 Å². The van der Waals surface area contributed by atoms with Gasteiger partial charge < -0.3 is 0 Å². The quantitative estimate of drug-likeness (QED) is 0.167. The molecule has 0 heterocycles. The van der Waals surface area contributed by atoms with Crippen LogP contribution in [0.15, 0.2) is 182 Å². The Bertz CT molecular complexity index is 2350. The highest BCUT2D eigenvalue weighted by Crippen LogP contribution is 2.33. The zero-order valence-corrected chi connectivity index (χ0v) is 25.3. The van der Waals surface area contributed by atoms with E-state index in [9.17, 15) is 0 Å². The number of rotatable bonds is 0. The summed E-state index contributed by atoms with van der Waals surface area (Å²) in [6, 6.07) is 67.3. The number of hydrogen-bond acceptors (Lipinski definition) is 0. The summed E-state index contributed by atoms with van der Waals surface area (Å²) in [5.41, 5.74) is 0. The third-order valence-electron chi connectivity index (χ3n) is 9.41. The fraction of sp³-hybridized carbons (Fsp3) is 0. The Morgan fingerprint density at radius 3 is 0.609 bits per heavy atom. The van der Waals surface area contributed by atoms with Crippen molar-refractivity contribution in [2.24, 2.45) is 0 Å². The molecule has 0 fully saturated rings. The molecule has 0 aliphatic heterocycles. The van der Waals surface area contributed by atoms with E-state index in [1.54, 1.807) is 0 Å². The van der Waals surface area contributed by atoms with Gasteiger partial charge in [0.1, 0.15) is 0 Å². The van der Waals surface area contributed by atoms with E-state index in [0.717, 1.165) is 0 Å². The van der Waals surface area contributed by atoms with E-state index in [-0.39, 0.29) is 0 Å². The van der Waals surface area contributed by atoms with Gasteiger partial charge in [-0.3, -0.25) is 0 Å². The first-order valence-electron chi connectivity index (χ1n) is 15.9. The molecule has 0 radical (unpaired) electrons. The van der Waals surface area contributed by atoms with Crippen LogP contribution in [0.2, 0.25) is 0 Å². The largest absolute Gasteiger partial charge is 0.0610 e. The van der Waals surface area contributed by atoms with Crippen molar-refractivity contribution in [2.45, 2.75) is 0 Å². The smallest absolute Gasteiger partial charge is 0.00268 e. The van der Waals surface area contributed by atoms with Gasteiger partial charge in [-0.1, -0.05) is 182 Å². The Hall–Kier alpha value is -5.98. The predicted octanol–water partition coefficient (Wildman–Crippen LogP) is 13.2. The highest BCUT2D eigenvalue weighted by Gasteiger charge is 2.05. The molecule has 12 bridgehead atoms. The van der Waals surface area contributed by atoms with Crippen LogP contribution >= 0.6 is 0 Å². The van der Waals surface area contributed by atoms with E-state index < -0.39 is 0 Å². The van der Waals surface area contributed by atoms with Gasteiger partial charge in [-0.2, -0.15) is 0 Å². The second kappa shape index (κ2) is 10.9. The normalized spacial score (nSPS) is 11.5. The summed E-state index contributed by atoms with van der Waals surface area (Å²) in [5.74, 6) is 0. The van der Waals surface area contributed by atoms with Crippen molar-refractivity contribution in [1.82, 2.24) is 0 Å². The minimum absolute atomic E-state index is 1.18. The average Bonchev–Trinajstić information content (AvgIpc) is 3.13. The van der Waals surface area contributed by atoms with Gasteiger partial charge in [-0.05, 0) is 86.2 Å². The maximum absolute atomic E-state index is 2.31. The van der Waals surface area contributed by atoms with E-state index >= 15 is 0 Å². The highest BCUT2D eigenvalue weighted by molar-refractivity contribution is 6.21. The van der Waals surface area contributed by atoms with Crippen LogP contribution in [0.1, 0.15) is 0 Å². The fourth-order valence-electron chi connectivity index (χ4n) is 6.97. The summed E-state index contributed by atoms with van der Waals surface area (Å²) >= 11 is 0. The summed E-state index contributed by atoms with van der Waals surface area (Å²) in [5, 5.41) is 19.4. The van der Waals surface area contributed by atoms with Crippen molar-refractivity contribution >= 4 is 86.2 Å². The first-order valence-corrected chi connectivity index (χ1v) is 15.9. The molecule has 15 aromatic rings. The van der Waals surface area contributed by atoms with Crippen LogP contribution < -0.4 is 0 Å². The molecule has 0 aliphatic carbocycles. The first-order chi connectivity index (χ1) is 22.8. The van der Waals surface area contributed by atoms with Crippen molar-refractivity contribution in [3.63, 3.8) is 0 Å². The maximum atomic E-state index is 2.31. The lowest BCUT2D eigenvalue weighted by atomic mass is 9.97. The molecule has 0 N–H and O–H groups in total. The predicted molar refractivity (Wildman–Crippen MR) is 202 cm³/mol. The average molecular weight is 583 g/mol. The lowest BCUT2D eigenvalue weighted by molar-refractivity contribution is 1.78. The van der Waals surface area contributed by atoms with Gasteiger partial charge in [-0.25, -0.2) is 0 Å². The molecule has 0 amide bonds. The molecule has 0 saturated heterocycles. The monoisotopic (exact) mass is 582 g/mol. The molecule has 15 aromatic carbocycles. The SMILES string of the molecule is c1cc2c3ccc(ccc4ccc(cc4)c4cccc5c6ccc(ccc7ccc(cc7)c(c1)c2c1ccc(cc1)c45)cc6)cc3. The van der Waals surface area contributed by atoms with E-state index in [2.05, 4.69) is 182 Å². The van der Waals surface area contributed by atoms with Crippen LogP contribution in [0.3, 0.4) is 0 Å². The first kappa shape index (κ1) is 26.4. The molecule has 46 heavy (non-hydrogen) atoms. The van der Waals surface area contributed by atoms with Crippen molar-refractivity contribution in [2.75, 3.05) is 0 Å². The minimum atomic E-state index is 1.18. The fourth-order valence-corrected chi connectivity index (χ4v) is 6.97. The third-order valence-corrected chi connectivity index (χ3v) is 9.41. The maximum Gasteiger partial charge on any atom is -0.00268 e. The Labute approximate surface area is 267 Å². The molecule has 214 valence electrons. The van der Waals surface area contributed by atoms with Crippen LogP contribution in [0.4, 0.5) is 0 Å². The molecular weight excluding hydrogens is 553 g/mol. The summed E-state index contributed by atoms with van der Waals surface area (Å²) in [6.45, 7) is 0. The Morgan fingerprint density at radius 1 is 0.174 bits per heavy atom.